The number of aliphatic hydroxyl groups excluding tert-OH is 1. The quantitative estimate of drug-likeness (QED) is 0.634. The van der Waals surface area contributed by atoms with Crippen molar-refractivity contribution in [3.8, 4) is 0 Å². The van der Waals surface area contributed by atoms with Crippen molar-refractivity contribution in [2.75, 3.05) is 44.2 Å². The van der Waals surface area contributed by atoms with E-state index in [0.29, 0.717) is 35.2 Å². The Morgan fingerprint density at radius 3 is 2.41 bits per heavy atom. The lowest BCUT2D eigenvalue weighted by atomic mass is 10.1. The lowest BCUT2D eigenvalue weighted by molar-refractivity contribution is 0.0376. The van der Waals surface area contributed by atoms with E-state index < -0.39 is 6.10 Å². The fourth-order valence-electron chi connectivity index (χ4n) is 4.74. The molecular formula is C24H24Cl2N4O2. The summed E-state index contributed by atoms with van der Waals surface area (Å²) in [5, 5.41) is 13.2. The molecule has 2 aromatic carbocycles. The molecule has 2 saturated heterocycles. The molecule has 0 aliphatic carbocycles. The predicted molar refractivity (Wildman–Crippen MR) is 128 cm³/mol. The van der Waals surface area contributed by atoms with Crippen molar-refractivity contribution in [1.29, 1.82) is 0 Å². The van der Waals surface area contributed by atoms with Gasteiger partial charge < -0.3 is 14.9 Å². The number of benzene rings is 2. The lowest BCUT2D eigenvalue weighted by Crippen LogP contribution is -2.54. The molecule has 0 spiro atoms. The molecule has 32 heavy (non-hydrogen) atoms. The first-order valence-corrected chi connectivity index (χ1v) is 11.5. The second-order valence-corrected chi connectivity index (χ2v) is 9.24. The van der Waals surface area contributed by atoms with Crippen LogP contribution in [0.25, 0.3) is 10.9 Å². The fourth-order valence-corrected chi connectivity index (χ4v) is 5.03. The largest absolute Gasteiger partial charge is 0.390 e. The van der Waals surface area contributed by atoms with E-state index in [1.807, 2.05) is 29.2 Å². The number of halogens is 2. The van der Waals surface area contributed by atoms with E-state index in [-0.39, 0.29) is 11.9 Å². The molecule has 3 aromatic rings. The summed E-state index contributed by atoms with van der Waals surface area (Å²) in [5.74, 6) is 0.0248. The number of fused-ring (bicyclic) bond motifs is 1. The van der Waals surface area contributed by atoms with Gasteiger partial charge >= 0.3 is 0 Å². The molecule has 2 atom stereocenters. The third-order valence-electron chi connectivity index (χ3n) is 6.44. The maximum atomic E-state index is 12.8. The van der Waals surface area contributed by atoms with Crippen LogP contribution in [0, 0.1) is 0 Å². The van der Waals surface area contributed by atoms with Crippen molar-refractivity contribution in [3.63, 3.8) is 0 Å². The average Bonchev–Trinajstić information content (AvgIpc) is 3.20. The summed E-state index contributed by atoms with van der Waals surface area (Å²) in [6.45, 7) is 4.05. The maximum Gasteiger partial charge on any atom is 0.253 e. The molecule has 0 bridgehead atoms. The van der Waals surface area contributed by atoms with Crippen LogP contribution in [0.4, 0.5) is 5.69 Å². The number of aromatic nitrogens is 1. The highest BCUT2D eigenvalue weighted by atomic mass is 35.5. The Morgan fingerprint density at radius 2 is 1.66 bits per heavy atom. The number of hydrogen-bond acceptors (Lipinski definition) is 5. The zero-order chi connectivity index (χ0) is 22.2. The number of nitrogens with zero attached hydrogens (tertiary/aromatic N) is 4. The highest BCUT2D eigenvalue weighted by Crippen LogP contribution is 2.31. The summed E-state index contributed by atoms with van der Waals surface area (Å²) < 4.78 is 0. The molecule has 2 aliphatic rings. The summed E-state index contributed by atoms with van der Waals surface area (Å²) in [6.07, 6.45) is 1.33. The van der Waals surface area contributed by atoms with E-state index in [0.717, 1.165) is 36.2 Å². The minimum atomic E-state index is -0.455. The molecule has 2 aliphatic heterocycles. The smallest absolute Gasteiger partial charge is 0.253 e. The van der Waals surface area contributed by atoms with Gasteiger partial charge in [0.2, 0.25) is 0 Å². The fraction of sp³-hybridized carbons (Fsp3) is 0.333. The van der Waals surface area contributed by atoms with Crippen LogP contribution in [-0.4, -0.2) is 77.2 Å². The van der Waals surface area contributed by atoms with Gasteiger partial charge in [-0.25, -0.2) is 0 Å². The third kappa shape index (κ3) is 4.16. The molecule has 5 rings (SSSR count). The minimum Gasteiger partial charge on any atom is -0.390 e. The van der Waals surface area contributed by atoms with E-state index in [9.17, 15) is 9.90 Å². The van der Waals surface area contributed by atoms with Gasteiger partial charge in [0.25, 0.3) is 5.91 Å². The molecule has 166 valence electrons. The highest BCUT2D eigenvalue weighted by Gasteiger charge is 2.38. The Morgan fingerprint density at radius 1 is 0.938 bits per heavy atom. The first kappa shape index (κ1) is 21.5. The molecule has 2 fully saturated rings. The van der Waals surface area contributed by atoms with Gasteiger partial charge in [-0.15, -0.1) is 0 Å². The molecule has 6 nitrogen and oxygen atoms in total. The van der Waals surface area contributed by atoms with Crippen LogP contribution in [0.1, 0.15) is 10.4 Å². The number of aliphatic hydroxyl groups is 1. The zero-order valence-corrected chi connectivity index (χ0v) is 19.0. The summed E-state index contributed by atoms with van der Waals surface area (Å²) in [4.78, 5) is 23.6. The van der Waals surface area contributed by atoms with E-state index >= 15 is 0 Å². The van der Waals surface area contributed by atoms with Crippen LogP contribution in [0.2, 0.25) is 10.0 Å². The molecule has 0 radical (unpaired) electrons. The number of rotatable bonds is 3. The van der Waals surface area contributed by atoms with E-state index in [1.165, 1.54) is 0 Å². The van der Waals surface area contributed by atoms with Gasteiger partial charge in [-0.05, 0) is 48.5 Å². The Bertz CT molecular complexity index is 1130. The molecule has 0 saturated carbocycles. The number of carbonyl (C=O) groups excluding carboxylic acids is 1. The number of pyridine rings is 1. The summed E-state index contributed by atoms with van der Waals surface area (Å²) >= 11 is 12.1. The van der Waals surface area contributed by atoms with E-state index in [1.54, 1.807) is 30.5 Å². The van der Waals surface area contributed by atoms with Crippen molar-refractivity contribution < 1.29 is 9.90 Å². The van der Waals surface area contributed by atoms with Gasteiger partial charge in [-0.3, -0.25) is 14.7 Å². The van der Waals surface area contributed by atoms with Gasteiger partial charge in [-0.1, -0.05) is 23.2 Å². The van der Waals surface area contributed by atoms with Gasteiger partial charge in [0, 0.05) is 72.1 Å². The van der Waals surface area contributed by atoms with Crippen molar-refractivity contribution >= 4 is 45.7 Å². The molecule has 1 amide bonds. The predicted octanol–water partition coefficient (Wildman–Crippen LogP) is 3.55. The minimum absolute atomic E-state index is 0.0248. The summed E-state index contributed by atoms with van der Waals surface area (Å²) in [6, 6.07) is 14.8. The third-order valence-corrected chi connectivity index (χ3v) is 6.93. The molecule has 1 N–H and O–H groups in total. The van der Waals surface area contributed by atoms with Crippen molar-refractivity contribution in [2.45, 2.75) is 12.1 Å². The molecule has 1 aromatic heterocycles. The van der Waals surface area contributed by atoms with Crippen molar-refractivity contribution in [3.05, 3.63) is 70.3 Å². The Hall–Kier alpha value is -2.38. The van der Waals surface area contributed by atoms with Gasteiger partial charge in [0.1, 0.15) is 0 Å². The highest BCUT2D eigenvalue weighted by molar-refractivity contribution is 6.31. The Labute approximate surface area is 197 Å². The molecule has 8 heteroatoms. The second-order valence-electron chi connectivity index (χ2n) is 8.37. The van der Waals surface area contributed by atoms with Gasteiger partial charge in [0.05, 0.1) is 17.7 Å². The van der Waals surface area contributed by atoms with Crippen LogP contribution in [0.5, 0.6) is 0 Å². The van der Waals surface area contributed by atoms with Crippen LogP contribution in [0.3, 0.4) is 0 Å². The molecular weight excluding hydrogens is 447 g/mol. The maximum absolute atomic E-state index is 12.8. The van der Waals surface area contributed by atoms with Crippen molar-refractivity contribution in [1.82, 2.24) is 14.8 Å². The van der Waals surface area contributed by atoms with Crippen LogP contribution < -0.4 is 4.90 Å². The number of carbonyl (C=O) groups is 1. The standard InChI is InChI=1S/C24H24Cl2N4O2/c25-17-3-1-16(2-4-17)24(32)29-11-9-28(10-12-29)22-14-30(15-23(22)31)21-7-8-27-20-13-18(26)5-6-19(20)21/h1-8,13,22-23,31H,9-12,14-15H2/t22-,23-/m0/s1. The summed E-state index contributed by atoms with van der Waals surface area (Å²) in [7, 11) is 0. The monoisotopic (exact) mass is 470 g/mol. The zero-order valence-electron chi connectivity index (χ0n) is 17.5. The number of amides is 1. The van der Waals surface area contributed by atoms with E-state index in [4.69, 9.17) is 23.2 Å². The van der Waals surface area contributed by atoms with E-state index in [2.05, 4.69) is 14.8 Å². The van der Waals surface area contributed by atoms with Gasteiger partial charge in [-0.2, -0.15) is 0 Å². The lowest BCUT2D eigenvalue weighted by Gasteiger charge is -2.38. The average molecular weight is 471 g/mol. The Balaban J connectivity index is 1.25. The van der Waals surface area contributed by atoms with Gasteiger partial charge in [0.15, 0.2) is 0 Å². The number of anilines is 1. The Kier molecular flexibility index (Phi) is 5.95. The summed E-state index contributed by atoms with van der Waals surface area (Å²) in [5.41, 5.74) is 2.56. The topological polar surface area (TPSA) is 59.9 Å². The molecule has 0 unspecified atom stereocenters. The van der Waals surface area contributed by atoms with Crippen molar-refractivity contribution in [2.24, 2.45) is 0 Å². The number of β-amino-alcohol motifs (C(OH)–C–C–N with tert-alkyl or cyclic N) is 1. The number of piperazine rings is 1. The van der Waals surface area contributed by atoms with Crippen LogP contribution in [-0.2, 0) is 0 Å². The number of hydrogen-bond donors (Lipinski definition) is 1. The SMILES string of the molecule is O=C(c1ccc(Cl)cc1)N1CCN([C@H]2CN(c3ccnc4cc(Cl)ccc34)C[C@@H]2O)CC1. The van der Waals surface area contributed by atoms with Crippen LogP contribution in [0.15, 0.2) is 54.7 Å². The second kappa shape index (κ2) is 8.87. The van der Waals surface area contributed by atoms with Crippen LogP contribution >= 0.6 is 23.2 Å². The molecule has 3 heterocycles. The normalized spacial score (nSPS) is 22.0. The first-order chi connectivity index (χ1) is 15.5. The first-order valence-electron chi connectivity index (χ1n) is 10.8.